The van der Waals surface area contributed by atoms with E-state index in [4.69, 9.17) is 9.47 Å². The molecule has 1 aromatic rings. The molecule has 0 N–H and O–H groups in total. The molecule has 0 saturated carbocycles. The summed E-state index contributed by atoms with van der Waals surface area (Å²) < 4.78 is 11.0. The predicted octanol–water partition coefficient (Wildman–Crippen LogP) is 0.786. The fourth-order valence-corrected chi connectivity index (χ4v) is 1.66. The van der Waals surface area contributed by atoms with Crippen molar-refractivity contribution in [3.63, 3.8) is 0 Å². The zero-order chi connectivity index (χ0) is 9.14. The van der Waals surface area contributed by atoms with Crippen molar-refractivity contribution in [3.05, 3.63) is 12.1 Å². The van der Waals surface area contributed by atoms with Crippen LogP contribution in [0.4, 0.5) is 0 Å². The average Bonchev–Trinajstić information content (AvgIpc) is 2.10. The van der Waals surface area contributed by atoms with Crippen LogP contribution in [0.25, 0.3) is 0 Å². The van der Waals surface area contributed by atoms with E-state index in [1.165, 1.54) is 0 Å². The Morgan fingerprint density at radius 1 is 1.17 bits per heavy atom. The Kier molecular flexibility index (Phi) is 3.32. The molecule has 0 aliphatic carbocycles. The molecule has 0 aliphatic rings. The van der Waals surface area contributed by atoms with Gasteiger partial charge in [0.2, 0.25) is 0 Å². The van der Waals surface area contributed by atoms with Crippen molar-refractivity contribution in [3.8, 4) is 11.5 Å². The van der Waals surface area contributed by atoms with E-state index in [9.17, 15) is 0 Å². The van der Waals surface area contributed by atoms with Gasteiger partial charge in [-0.15, -0.1) is 0 Å². The van der Waals surface area contributed by atoms with Gasteiger partial charge in [-0.2, -0.15) is 0 Å². The van der Waals surface area contributed by atoms with Crippen LogP contribution in [0.3, 0.4) is 0 Å². The molecule has 0 unspecified atom stereocenters. The molecule has 12 heavy (non-hydrogen) atoms. The summed E-state index contributed by atoms with van der Waals surface area (Å²) in [5.74, 6) is 1.52. The Bertz CT molecular complexity index is 260. The number of hydrogen-bond donors (Lipinski definition) is 1. The van der Waals surface area contributed by atoms with Crippen LogP contribution in [-0.4, -0.2) is 30.2 Å². The fourth-order valence-electron chi connectivity index (χ4n) is 0.860. The van der Waals surface area contributed by atoms with Gasteiger partial charge in [0.25, 0.3) is 0 Å². The van der Waals surface area contributed by atoms with Crippen molar-refractivity contribution in [2.75, 3.05) is 14.2 Å². The normalized spacial score (nSPS) is 9.58. The first-order chi connectivity index (χ1) is 5.70. The zero-order valence-corrected chi connectivity index (χ0v) is 9.43. The maximum atomic E-state index is 5.09. The first-order valence-electron chi connectivity index (χ1n) is 3.31. The van der Waals surface area contributed by atoms with Crippen molar-refractivity contribution >= 4 is 33.1 Å². The molecular formula is C8H9O2SSe-. The van der Waals surface area contributed by atoms with Gasteiger partial charge < -0.3 is 0 Å². The molecule has 0 radical (unpaired) electrons. The quantitative estimate of drug-likeness (QED) is 0.616. The van der Waals surface area contributed by atoms with Gasteiger partial charge in [-0.3, -0.25) is 0 Å². The third-order valence-corrected chi connectivity index (χ3v) is 3.13. The Hall–Kier alpha value is -0.311. The van der Waals surface area contributed by atoms with Gasteiger partial charge >= 0.3 is 85.3 Å². The molecule has 0 fully saturated rings. The molecule has 66 valence electrons. The zero-order valence-electron chi connectivity index (χ0n) is 6.83. The van der Waals surface area contributed by atoms with Crippen LogP contribution in [-0.2, 0) is 0 Å². The standard InChI is InChI=1S/C8H10O2SSe/c1-9-5-3-4-6(10-2)8(12)7(5)11/h3-4,11-12H,1-2H3/p-1. The number of rotatable bonds is 2. The minimum atomic E-state index is 0.743. The molecule has 0 aromatic heterocycles. The molecule has 1 rings (SSSR count). The van der Waals surface area contributed by atoms with Gasteiger partial charge in [0, 0.05) is 0 Å². The van der Waals surface area contributed by atoms with Crippen LogP contribution >= 0.6 is 12.6 Å². The second-order valence-corrected chi connectivity index (χ2v) is 3.45. The Balaban J connectivity index is 3.20. The molecule has 0 saturated heterocycles. The molecule has 1 aromatic carbocycles. The van der Waals surface area contributed by atoms with E-state index in [2.05, 4.69) is 28.6 Å². The average molecular weight is 248 g/mol. The third kappa shape index (κ3) is 1.71. The molecule has 0 atom stereocenters. The molecule has 0 amide bonds. The van der Waals surface area contributed by atoms with Crippen molar-refractivity contribution in [2.45, 2.75) is 4.90 Å². The van der Waals surface area contributed by atoms with E-state index in [1.54, 1.807) is 14.2 Å². The van der Waals surface area contributed by atoms with E-state index < -0.39 is 0 Å². The topological polar surface area (TPSA) is 18.5 Å². The van der Waals surface area contributed by atoms with Crippen LogP contribution in [0.5, 0.6) is 11.5 Å². The molecule has 0 spiro atoms. The Morgan fingerprint density at radius 2 is 1.67 bits per heavy atom. The summed E-state index contributed by atoms with van der Waals surface area (Å²) in [6, 6.07) is 3.66. The summed E-state index contributed by atoms with van der Waals surface area (Å²) >= 11 is 7.16. The number of benzene rings is 1. The number of hydrogen-bond acceptors (Lipinski definition) is 3. The van der Waals surface area contributed by atoms with E-state index in [0.29, 0.717) is 0 Å². The van der Waals surface area contributed by atoms with Gasteiger partial charge in [-0.1, -0.05) is 0 Å². The van der Waals surface area contributed by atoms with Crippen LogP contribution in [0.1, 0.15) is 0 Å². The molecule has 0 bridgehead atoms. The van der Waals surface area contributed by atoms with E-state index in [-0.39, 0.29) is 0 Å². The summed E-state index contributed by atoms with van der Waals surface area (Å²) in [6.07, 6.45) is 0. The number of methoxy groups -OCH3 is 2. The summed E-state index contributed by atoms with van der Waals surface area (Å²) in [5, 5.41) is 0. The van der Waals surface area contributed by atoms with Crippen LogP contribution in [0.2, 0.25) is 0 Å². The number of ether oxygens (including phenoxy) is 2. The Morgan fingerprint density at radius 3 is 2.17 bits per heavy atom. The molecule has 0 aliphatic heterocycles. The first kappa shape index (κ1) is 9.78. The van der Waals surface area contributed by atoms with Gasteiger partial charge in [0.05, 0.1) is 0 Å². The SMILES string of the molecule is COc1ccc(OC)c([Se-])c1S. The number of thiol groups is 1. The molecule has 0 heterocycles. The second kappa shape index (κ2) is 4.08. The summed E-state index contributed by atoms with van der Waals surface area (Å²) in [4.78, 5) is 0.775. The third-order valence-electron chi connectivity index (χ3n) is 1.50. The van der Waals surface area contributed by atoms with Crippen molar-refractivity contribution < 1.29 is 9.47 Å². The molecule has 4 heteroatoms. The van der Waals surface area contributed by atoms with Crippen molar-refractivity contribution in [1.82, 2.24) is 0 Å². The molecular weight excluding hydrogens is 239 g/mol. The van der Waals surface area contributed by atoms with Crippen LogP contribution in [0, 0.1) is 0 Å². The predicted molar refractivity (Wildman–Crippen MR) is 52.2 cm³/mol. The summed E-state index contributed by atoms with van der Waals surface area (Å²) in [5.41, 5.74) is 0. The van der Waals surface area contributed by atoms with Crippen LogP contribution in [0.15, 0.2) is 17.0 Å². The van der Waals surface area contributed by atoms with Crippen molar-refractivity contribution in [1.29, 1.82) is 0 Å². The van der Waals surface area contributed by atoms with E-state index >= 15 is 0 Å². The van der Waals surface area contributed by atoms with Gasteiger partial charge in [0.15, 0.2) is 0 Å². The van der Waals surface area contributed by atoms with Crippen molar-refractivity contribution in [2.24, 2.45) is 0 Å². The van der Waals surface area contributed by atoms with E-state index in [0.717, 1.165) is 20.9 Å². The maximum absolute atomic E-state index is 5.09. The summed E-state index contributed by atoms with van der Waals surface area (Å²) in [6.45, 7) is 0. The minimum absolute atomic E-state index is 0.743. The monoisotopic (exact) mass is 249 g/mol. The second-order valence-electron chi connectivity index (χ2n) is 2.15. The van der Waals surface area contributed by atoms with Gasteiger partial charge in [0.1, 0.15) is 0 Å². The van der Waals surface area contributed by atoms with Gasteiger partial charge in [-0.05, 0) is 0 Å². The fraction of sp³-hybridized carbons (Fsp3) is 0.250. The van der Waals surface area contributed by atoms with E-state index in [1.807, 2.05) is 12.1 Å². The Labute approximate surface area is 85.5 Å². The van der Waals surface area contributed by atoms with Crippen LogP contribution < -0.4 is 13.9 Å². The summed E-state index contributed by atoms with van der Waals surface area (Å²) in [7, 11) is 3.23. The first-order valence-corrected chi connectivity index (χ1v) is 4.62. The van der Waals surface area contributed by atoms with Gasteiger partial charge in [-0.25, -0.2) is 0 Å². The molecule has 2 nitrogen and oxygen atoms in total.